The van der Waals surface area contributed by atoms with Crippen molar-refractivity contribution in [2.24, 2.45) is 0 Å². The fourth-order valence-electron chi connectivity index (χ4n) is 2.40. The Morgan fingerprint density at radius 3 is 2.85 bits per heavy atom. The molecule has 3 heteroatoms. The Kier molecular flexibility index (Phi) is 5.72. The van der Waals surface area contributed by atoms with Gasteiger partial charge in [-0.2, -0.15) is 4.57 Å². The molecule has 1 aromatic heterocycles. The van der Waals surface area contributed by atoms with Gasteiger partial charge in [0.05, 0.1) is 5.03 Å². The van der Waals surface area contributed by atoms with Gasteiger partial charge in [-0.1, -0.05) is 13.0 Å². The molecular formula is C17H25N2S+. The molecule has 0 amide bonds. The summed E-state index contributed by atoms with van der Waals surface area (Å²) < 4.78 is 2.31. The van der Waals surface area contributed by atoms with Gasteiger partial charge in [0, 0.05) is 36.5 Å². The number of allylic oxidation sites excluding steroid dienone is 2. The second-order valence-corrected chi connectivity index (χ2v) is 6.01. The van der Waals surface area contributed by atoms with Crippen LogP contribution in [0.3, 0.4) is 0 Å². The van der Waals surface area contributed by atoms with Gasteiger partial charge >= 0.3 is 0 Å². The maximum absolute atomic E-state index is 2.43. The fourth-order valence-corrected chi connectivity index (χ4v) is 3.50. The lowest BCUT2D eigenvalue weighted by atomic mass is 10.2. The van der Waals surface area contributed by atoms with E-state index in [2.05, 4.69) is 66.8 Å². The Morgan fingerprint density at radius 2 is 2.15 bits per heavy atom. The average Bonchev–Trinajstić information content (AvgIpc) is 2.95. The largest absolute Gasteiger partial charge is 0.366 e. The Bertz CT molecular complexity index is 506. The van der Waals surface area contributed by atoms with Gasteiger partial charge in [0.15, 0.2) is 6.20 Å². The van der Waals surface area contributed by atoms with Crippen molar-refractivity contribution >= 4 is 17.8 Å². The number of hydrogen-bond acceptors (Lipinski definition) is 2. The van der Waals surface area contributed by atoms with Crippen molar-refractivity contribution in [2.45, 2.75) is 33.7 Å². The van der Waals surface area contributed by atoms with E-state index in [9.17, 15) is 0 Å². The maximum Gasteiger partial charge on any atom is 0.205 e. The highest BCUT2D eigenvalue weighted by atomic mass is 32.2. The molecule has 1 aliphatic heterocycles. The minimum absolute atomic E-state index is 1.01. The van der Waals surface area contributed by atoms with Crippen molar-refractivity contribution in [3.8, 4) is 0 Å². The second kappa shape index (κ2) is 7.53. The molecule has 0 N–H and O–H groups in total. The minimum atomic E-state index is 1.01. The van der Waals surface area contributed by atoms with Crippen LogP contribution in [0.1, 0.15) is 32.0 Å². The summed E-state index contributed by atoms with van der Waals surface area (Å²) in [5, 5.41) is 1.40. The molecule has 0 aromatic carbocycles. The third-order valence-electron chi connectivity index (χ3n) is 3.68. The first-order valence-electron chi connectivity index (χ1n) is 7.57. The Labute approximate surface area is 127 Å². The molecule has 1 fully saturated rings. The molecule has 0 bridgehead atoms. The predicted octanol–water partition coefficient (Wildman–Crippen LogP) is 3.48. The number of hydrogen-bond donors (Lipinski definition) is 0. The molecule has 1 aliphatic rings. The molecule has 0 atom stereocenters. The molecule has 0 radical (unpaired) electrons. The van der Waals surface area contributed by atoms with Crippen LogP contribution in [0, 0.1) is 0 Å². The van der Waals surface area contributed by atoms with Gasteiger partial charge in [-0.25, -0.2) is 0 Å². The van der Waals surface area contributed by atoms with Gasteiger partial charge in [0.2, 0.25) is 5.69 Å². The lowest BCUT2D eigenvalue weighted by Crippen LogP contribution is -2.35. The van der Waals surface area contributed by atoms with Crippen molar-refractivity contribution < 1.29 is 4.57 Å². The van der Waals surface area contributed by atoms with E-state index in [-0.39, 0.29) is 0 Å². The number of thioether (sulfide) groups is 1. The van der Waals surface area contributed by atoms with Crippen molar-refractivity contribution in [1.29, 1.82) is 0 Å². The topological polar surface area (TPSA) is 7.12 Å². The van der Waals surface area contributed by atoms with E-state index in [4.69, 9.17) is 0 Å². The standard InChI is InChI=1S/C17H25N2S/c1-4-15-10-11-16(19(6-3)14-15)8-7-9-17-18(5-2)12-13-20-17/h7-11,14H,4-6,12-13H2,1-3H3/q+1. The number of aromatic nitrogens is 1. The first kappa shape index (κ1) is 15.2. The predicted molar refractivity (Wildman–Crippen MR) is 88.5 cm³/mol. The average molecular weight is 289 g/mol. The molecule has 2 heterocycles. The minimum Gasteiger partial charge on any atom is -0.366 e. The monoisotopic (exact) mass is 289 g/mol. The van der Waals surface area contributed by atoms with Crippen LogP contribution in [0.4, 0.5) is 0 Å². The summed E-state index contributed by atoms with van der Waals surface area (Å²) in [7, 11) is 0. The van der Waals surface area contributed by atoms with Crippen molar-refractivity contribution in [2.75, 3.05) is 18.8 Å². The number of aryl methyl sites for hydroxylation is 2. The van der Waals surface area contributed by atoms with Crippen LogP contribution in [0.25, 0.3) is 6.08 Å². The lowest BCUT2D eigenvalue weighted by Gasteiger charge is -2.14. The molecule has 0 aliphatic carbocycles. The summed E-state index contributed by atoms with van der Waals surface area (Å²) in [6, 6.07) is 4.44. The molecular weight excluding hydrogens is 264 g/mol. The van der Waals surface area contributed by atoms with E-state index in [1.807, 2.05) is 11.8 Å². The molecule has 0 saturated carbocycles. The highest BCUT2D eigenvalue weighted by Gasteiger charge is 2.14. The molecule has 1 saturated heterocycles. The van der Waals surface area contributed by atoms with E-state index in [1.54, 1.807) is 0 Å². The molecule has 0 spiro atoms. The summed E-state index contributed by atoms with van der Waals surface area (Å²) in [5.41, 5.74) is 2.67. The van der Waals surface area contributed by atoms with Crippen LogP contribution in [-0.2, 0) is 13.0 Å². The highest BCUT2D eigenvalue weighted by molar-refractivity contribution is 8.03. The molecule has 0 unspecified atom stereocenters. The van der Waals surface area contributed by atoms with Crippen LogP contribution >= 0.6 is 11.8 Å². The van der Waals surface area contributed by atoms with E-state index < -0.39 is 0 Å². The molecule has 2 rings (SSSR count). The maximum atomic E-state index is 2.43. The summed E-state index contributed by atoms with van der Waals surface area (Å²) in [6.45, 7) is 9.92. The van der Waals surface area contributed by atoms with Crippen molar-refractivity contribution in [1.82, 2.24) is 4.90 Å². The summed E-state index contributed by atoms with van der Waals surface area (Å²) in [6.07, 6.45) is 9.99. The van der Waals surface area contributed by atoms with Crippen molar-refractivity contribution in [3.05, 3.63) is 46.8 Å². The van der Waals surface area contributed by atoms with Gasteiger partial charge < -0.3 is 4.90 Å². The first-order valence-corrected chi connectivity index (χ1v) is 8.55. The SMILES string of the molecule is CCc1ccc(C=CC=C2SCCN2CC)[n+](CC)c1. The molecule has 108 valence electrons. The fraction of sp³-hybridized carbons (Fsp3) is 0.471. The van der Waals surface area contributed by atoms with Gasteiger partial charge in [-0.15, -0.1) is 11.8 Å². The van der Waals surface area contributed by atoms with Crippen LogP contribution in [0.5, 0.6) is 0 Å². The van der Waals surface area contributed by atoms with Crippen molar-refractivity contribution in [3.63, 3.8) is 0 Å². The quantitative estimate of drug-likeness (QED) is 0.766. The lowest BCUT2D eigenvalue weighted by molar-refractivity contribution is -0.695. The number of nitrogens with zero attached hydrogens (tertiary/aromatic N) is 2. The molecule has 2 nitrogen and oxygen atoms in total. The zero-order chi connectivity index (χ0) is 14.4. The van der Waals surface area contributed by atoms with Gasteiger partial charge in [-0.05, 0) is 32.4 Å². The van der Waals surface area contributed by atoms with Crippen LogP contribution in [0.2, 0.25) is 0 Å². The highest BCUT2D eigenvalue weighted by Crippen LogP contribution is 2.27. The van der Waals surface area contributed by atoms with Gasteiger partial charge in [0.25, 0.3) is 0 Å². The summed E-state index contributed by atoms with van der Waals surface area (Å²) in [5.74, 6) is 1.22. The van der Waals surface area contributed by atoms with Gasteiger partial charge in [-0.3, -0.25) is 0 Å². The number of pyridine rings is 1. The Balaban J connectivity index is 2.13. The van der Waals surface area contributed by atoms with E-state index in [1.165, 1.54) is 28.6 Å². The van der Waals surface area contributed by atoms with Gasteiger partial charge in [0.1, 0.15) is 6.54 Å². The third kappa shape index (κ3) is 3.66. The smallest absolute Gasteiger partial charge is 0.205 e. The second-order valence-electron chi connectivity index (χ2n) is 4.89. The third-order valence-corrected chi connectivity index (χ3v) is 4.76. The van der Waals surface area contributed by atoms with E-state index in [0.29, 0.717) is 0 Å². The molecule has 20 heavy (non-hydrogen) atoms. The first-order chi connectivity index (χ1) is 9.78. The Hall–Kier alpha value is -1.22. The summed E-state index contributed by atoms with van der Waals surface area (Å²) >= 11 is 1.96. The van der Waals surface area contributed by atoms with E-state index in [0.717, 1.165) is 19.5 Å². The number of rotatable bonds is 5. The zero-order valence-corrected chi connectivity index (χ0v) is 13.6. The van der Waals surface area contributed by atoms with E-state index >= 15 is 0 Å². The zero-order valence-electron chi connectivity index (χ0n) is 12.8. The normalized spacial score (nSPS) is 17.6. The summed E-state index contributed by atoms with van der Waals surface area (Å²) in [4.78, 5) is 2.43. The van der Waals surface area contributed by atoms with Crippen LogP contribution < -0.4 is 4.57 Å². The van der Waals surface area contributed by atoms with Crippen LogP contribution in [-0.4, -0.2) is 23.7 Å². The molecule has 1 aromatic rings. The van der Waals surface area contributed by atoms with Crippen LogP contribution in [0.15, 0.2) is 35.5 Å². The Morgan fingerprint density at radius 1 is 1.30 bits per heavy atom.